The Morgan fingerprint density at radius 2 is 2.11 bits per heavy atom. The van der Waals surface area contributed by atoms with Crippen molar-refractivity contribution in [1.82, 2.24) is 20.3 Å². The fourth-order valence-electron chi connectivity index (χ4n) is 1.36. The average molecular weight is 267 g/mol. The second-order valence-electron chi connectivity index (χ2n) is 4.04. The summed E-state index contributed by atoms with van der Waals surface area (Å²) < 4.78 is 5.17. The first kappa shape index (κ1) is 13.3. The largest absolute Gasteiger partial charge is 0.464 e. The van der Waals surface area contributed by atoms with E-state index in [9.17, 15) is 4.79 Å². The fraction of sp³-hybridized carbons (Fsp3) is 0.600. The molecule has 19 heavy (non-hydrogen) atoms. The molecule has 9 nitrogen and oxygen atoms in total. The van der Waals surface area contributed by atoms with Crippen molar-refractivity contribution in [2.24, 2.45) is 5.84 Å². The lowest BCUT2D eigenvalue weighted by Crippen LogP contribution is -2.31. The van der Waals surface area contributed by atoms with Gasteiger partial charge in [0.25, 0.3) is 0 Å². The molecular weight excluding hydrogens is 250 g/mol. The molecule has 1 aliphatic carbocycles. The lowest BCUT2D eigenvalue weighted by molar-refractivity contribution is -0.119. The number of anilines is 2. The van der Waals surface area contributed by atoms with Gasteiger partial charge in [-0.25, -0.2) is 5.84 Å². The first-order valence-corrected chi connectivity index (χ1v) is 6.10. The van der Waals surface area contributed by atoms with Gasteiger partial charge in [-0.05, 0) is 19.8 Å². The van der Waals surface area contributed by atoms with Crippen molar-refractivity contribution in [2.45, 2.75) is 25.8 Å². The summed E-state index contributed by atoms with van der Waals surface area (Å²) in [5, 5.41) is 5.65. The van der Waals surface area contributed by atoms with E-state index in [1.165, 1.54) is 0 Å². The second kappa shape index (κ2) is 6.14. The molecule has 0 saturated heterocycles. The standard InChI is InChI=1S/C10H17N7O2/c1-2-19-10-15-8(14-9(16-10)17-11)12-5-7(18)13-6-3-4-6/h6H,2-5,11H2,1H3,(H,13,18)(H2,12,14,15,16,17). The molecule has 1 aromatic rings. The highest BCUT2D eigenvalue weighted by molar-refractivity contribution is 5.80. The third-order valence-electron chi connectivity index (χ3n) is 2.37. The SMILES string of the molecule is CCOc1nc(NN)nc(NCC(=O)NC2CC2)n1. The van der Waals surface area contributed by atoms with Gasteiger partial charge in [0.05, 0.1) is 13.2 Å². The van der Waals surface area contributed by atoms with Crippen molar-refractivity contribution in [3.8, 4) is 6.01 Å². The van der Waals surface area contributed by atoms with E-state index in [1.807, 2.05) is 6.92 Å². The molecule has 0 aromatic carbocycles. The van der Waals surface area contributed by atoms with Gasteiger partial charge in [0.1, 0.15) is 0 Å². The van der Waals surface area contributed by atoms with E-state index in [0.717, 1.165) is 12.8 Å². The summed E-state index contributed by atoms with van der Waals surface area (Å²) in [6, 6.07) is 0.475. The number of hydrogen-bond donors (Lipinski definition) is 4. The van der Waals surface area contributed by atoms with Crippen LogP contribution in [0.5, 0.6) is 6.01 Å². The fourth-order valence-corrected chi connectivity index (χ4v) is 1.36. The van der Waals surface area contributed by atoms with Gasteiger partial charge in [0, 0.05) is 6.04 Å². The van der Waals surface area contributed by atoms with Crippen LogP contribution in [0.2, 0.25) is 0 Å². The summed E-state index contributed by atoms with van der Waals surface area (Å²) in [5.74, 6) is 5.56. The molecule has 1 saturated carbocycles. The van der Waals surface area contributed by atoms with Gasteiger partial charge in [-0.1, -0.05) is 0 Å². The molecule has 5 N–H and O–H groups in total. The number of rotatable bonds is 7. The number of nitrogens with zero attached hydrogens (tertiary/aromatic N) is 3. The van der Waals surface area contributed by atoms with Gasteiger partial charge in [-0.3, -0.25) is 10.2 Å². The molecule has 0 bridgehead atoms. The zero-order valence-electron chi connectivity index (χ0n) is 10.6. The Morgan fingerprint density at radius 3 is 2.74 bits per heavy atom. The molecule has 0 spiro atoms. The smallest absolute Gasteiger partial charge is 0.323 e. The van der Waals surface area contributed by atoms with Crippen LogP contribution < -0.4 is 26.6 Å². The number of carbonyl (C=O) groups is 1. The van der Waals surface area contributed by atoms with Crippen LogP contribution in [0.1, 0.15) is 19.8 Å². The third kappa shape index (κ3) is 4.21. The Bertz CT molecular complexity index is 450. The highest BCUT2D eigenvalue weighted by Gasteiger charge is 2.23. The summed E-state index contributed by atoms with van der Waals surface area (Å²) in [5.41, 5.74) is 2.31. The minimum atomic E-state index is -0.0943. The molecule has 2 rings (SSSR count). The van der Waals surface area contributed by atoms with Crippen LogP contribution in [0.15, 0.2) is 0 Å². The van der Waals surface area contributed by atoms with Crippen molar-refractivity contribution >= 4 is 17.8 Å². The van der Waals surface area contributed by atoms with Gasteiger partial charge in [-0.15, -0.1) is 0 Å². The number of hydrogen-bond acceptors (Lipinski definition) is 8. The van der Waals surface area contributed by atoms with Crippen LogP contribution in [-0.2, 0) is 4.79 Å². The van der Waals surface area contributed by atoms with Crippen LogP contribution >= 0.6 is 0 Å². The van der Waals surface area contributed by atoms with Crippen LogP contribution in [0.25, 0.3) is 0 Å². The number of nitrogens with one attached hydrogen (secondary N) is 3. The topological polar surface area (TPSA) is 127 Å². The number of aromatic nitrogens is 3. The zero-order chi connectivity index (χ0) is 13.7. The first-order valence-electron chi connectivity index (χ1n) is 6.10. The first-order chi connectivity index (χ1) is 9.21. The van der Waals surface area contributed by atoms with Crippen LogP contribution in [0.4, 0.5) is 11.9 Å². The highest BCUT2D eigenvalue weighted by Crippen LogP contribution is 2.18. The number of hydrazine groups is 1. The van der Waals surface area contributed by atoms with E-state index < -0.39 is 0 Å². The molecule has 1 amide bonds. The summed E-state index contributed by atoms with van der Waals surface area (Å²) in [7, 11) is 0. The Morgan fingerprint density at radius 1 is 1.37 bits per heavy atom. The van der Waals surface area contributed by atoms with E-state index in [-0.39, 0.29) is 30.4 Å². The molecule has 1 aromatic heterocycles. The minimum absolute atomic E-state index is 0.0933. The lowest BCUT2D eigenvalue weighted by atomic mass is 10.5. The average Bonchev–Trinajstić information content (AvgIpc) is 3.20. The molecule has 0 radical (unpaired) electrons. The van der Waals surface area contributed by atoms with E-state index in [0.29, 0.717) is 12.6 Å². The number of ether oxygens (including phenoxy) is 1. The van der Waals surface area contributed by atoms with Crippen molar-refractivity contribution in [1.29, 1.82) is 0 Å². The summed E-state index contributed by atoms with van der Waals surface area (Å²) in [4.78, 5) is 23.4. The number of nitrogen functional groups attached to an aromatic ring is 1. The molecule has 0 aliphatic heterocycles. The Kier molecular flexibility index (Phi) is 4.29. The Balaban J connectivity index is 1.93. The second-order valence-corrected chi connectivity index (χ2v) is 4.04. The van der Waals surface area contributed by atoms with Crippen molar-refractivity contribution in [2.75, 3.05) is 23.9 Å². The highest BCUT2D eigenvalue weighted by atomic mass is 16.5. The van der Waals surface area contributed by atoms with E-state index in [4.69, 9.17) is 10.6 Å². The molecule has 0 unspecified atom stereocenters. The number of amides is 1. The van der Waals surface area contributed by atoms with E-state index >= 15 is 0 Å². The molecular formula is C10H17N7O2. The van der Waals surface area contributed by atoms with Gasteiger partial charge in [0.15, 0.2) is 0 Å². The normalized spacial score (nSPS) is 13.8. The van der Waals surface area contributed by atoms with Crippen LogP contribution in [-0.4, -0.2) is 40.1 Å². The van der Waals surface area contributed by atoms with Gasteiger partial charge >= 0.3 is 6.01 Å². The maximum atomic E-state index is 11.5. The van der Waals surface area contributed by atoms with Gasteiger partial charge in [-0.2, -0.15) is 15.0 Å². The Hall–Kier alpha value is -2.16. The lowest BCUT2D eigenvalue weighted by Gasteiger charge is -2.08. The molecule has 1 aliphatic rings. The van der Waals surface area contributed by atoms with Crippen LogP contribution in [0, 0.1) is 0 Å². The molecule has 1 heterocycles. The van der Waals surface area contributed by atoms with Crippen molar-refractivity contribution in [3.63, 3.8) is 0 Å². The summed E-state index contributed by atoms with van der Waals surface area (Å²) >= 11 is 0. The molecule has 104 valence electrons. The maximum absolute atomic E-state index is 11.5. The minimum Gasteiger partial charge on any atom is -0.464 e. The molecule has 9 heteroatoms. The summed E-state index contributed by atoms with van der Waals surface area (Å²) in [6.07, 6.45) is 2.10. The third-order valence-corrected chi connectivity index (χ3v) is 2.37. The molecule has 0 atom stereocenters. The molecule has 1 fully saturated rings. The zero-order valence-corrected chi connectivity index (χ0v) is 10.6. The monoisotopic (exact) mass is 267 g/mol. The van der Waals surface area contributed by atoms with Gasteiger partial charge in [0.2, 0.25) is 17.8 Å². The van der Waals surface area contributed by atoms with Gasteiger partial charge < -0.3 is 15.4 Å². The van der Waals surface area contributed by atoms with E-state index in [1.54, 1.807) is 0 Å². The predicted octanol–water partition coefficient (Wildman–Crippen LogP) is -0.754. The van der Waals surface area contributed by atoms with Crippen molar-refractivity contribution < 1.29 is 9.53 Å². The van der Waals surface area contributed by atoms with Crippen molar-refractivity contribution in [3.05, 3.63) is 0 Å². The number of nitrogens with two attached hydrogens (primary N) is 1. The van der Waals surface area contributed by atoms with Crippen LogP contribution in [0.3, 0.4) is 0 Å². The number of carbonyl (C=O) groups excluding carboxylic acids is 1. The predicted molar refractivity (Wildman–Crippen MR) is 68.5 cm³/mol. The summed E-state index contributed by atoms with van der Waals surface area (Å²) in [6.45, 7) is 2.33. The Labute approximate surface area is 110 Å². The quantitative estimate of drug-likeness (QED) is 0.375. The maximum Gasteiger partial charge on any atom is 0.323 e. The van der Waals surface area contributed by atoms with E-state index in [2.05, 4.69) is 31.0 Å².